The van der Waals surface area contributed by atoms with Crippen molar-refractivity contribution in [2.45, 2.75) is 20.3 Å². The van der Waals surface area contributed by atoms with Crippen molar-refractivity contribution in [3.05, 3.63) is 17.7 Å². The normalized spacial score (nSPS) is 21.3. The summed E-state index contributed by atoms with van der Waals surface area (Å²) >= 11 is 0. The highest BCUT2D eigenvalue weighted by Gasteiger charge is 2.39. The van der Waals surface area contributed by atoms with E-state index in [-0.39, 0.29) is 11.8 Å². The predicted octanol–water partition coefficient (Wildman–Crippen LogP) is 2.61. The van der Waals surface area contributed by atoms with Crippen LogP contribution in [0.25, 0.3) is 0 Å². The molecule has 0 aliphatic heterocycles. The van der Waals surface area contributed by atoms with E-state index in [1.165, 1.54) is 0 Å². The quantitative estimate of drug-likeness (QED) is 0.892. The Morgan fingerprint density at radius 2 is 1.83 bits per heavy atom. The Morgan fingerprint density at radius 1 is 1.28 bits per heavy atom. The molecule has 1 amide bonds. The Kier molecular flexibility index (Phi) is 3.45. The third-order valence-corrected chi connectivity index (χ3v) is 3.43. The number of carbonyl (C=O) groups excluding carboxylic acids is 1. The lowest BCUT2D eigenvalue weighted by atomic mass is 10.1. The van der Waals surface area contributed by atoms with Crippen LogP contribution in [0.3, 0.4) is 0 Å². The maximum atomic E-state index is 11.9. The SMILES string of the molecule is COc1cc(C)c(NC(=O)[C@@H]2C[C@H]2C)cc1OC. The number of amides is 1. The van der Waals surface area contributed by atoms with E-state index >= 15 is 0 Å². The monoisotopic (exact) mass is 249 g/mol. The van der Waals surface area contributed by atoms with Crippen LogP contribution in [0.15, 0.2) is 12.1 Å². The second-order valence-corrected chi connectivity index (χ2v) is 4.83. The third-order valence-electron chi connectivity index (χ3n) is 3.43. The summed E-state index contributed by atoms with van der Waals surface area (Å²) in [6.07, 6.45) is 0.984. The smallest absolute Gasteiger partial charge is 0.227 e. The summed E-state index contributed by atoms with van der Waals surface area (Å²) in [7, 11) is 3.18. The Balaban J connectivity index is 2.19. The van der Waals surface area contributed by atoms with Gasteiger partial charge in [-0.25, -0.2) is 0 Å². The lowest BCUT2D eigenvalue weighted by Crippen LogP contribution is -2.15. The van der Waals surface area contributed by atoms with Gasteiger partial charge in [-0.15, -0.1) is 0 Å². The second-order valence-electron chi connectivity index (χ2n) is 4.83. The van der Waals surface area contributed by atoms with Gasteiger partial charge in [0, 0.05) is 17.7 Å². The number of carbonyl (C=O) groups is 1. The molecule has 2 atom stereocenters. The van der Waals surface area contributed by atoms with E-state index in [1.54, 1.807) is 20.3 Å². The summed E-state index contributed by atoms with van der Waals surface area (Å²) in [4.78, 5) is 11.9. The van der Waals surface area contributed by atoms with Gasteiger partial charge in [-0.3, -0.25) is 4.79 Å². The summed E-state index contributed by atoms with van der Waals surface area (Å²) in [5.74, 6) is 2.07. The van der Waals surface area contributed by atoms with E-state index in [9.17, 15) is 4.79 Å². The van der Waals surface area contributed by atoms with Gasteiger partial charge in [0.2, 0.25) is 5.91 Å². The predicted molar refractivity (Wildman–Crippen MR) is 70.2 cm³/mol. The highest BCUT2D eigenvalue weighted by molar-refractivity contribution is 5.95. The van der Waals surface area contributed by atoms with Crippen molar-refractivity contribution in [2.24, 2.45) is 11.8 Å². The largest absolute Gasteiger partial charge is 0.493 e. The number of hydrogen-bond donors (Lipinski definition) is 1. The van der Waals surface area contributed by atoms with Crippen LogP contribution >= 0.6 is 0 Å². The Bertz CT molecular complexity index is 470. The Morgan fingerprint density at radius 3 is 2.33 bits per heavy atom. The molecule has 2 rings (SSSR count). The molecule has 0 radical (unpaired) electrons. The minimum absolute atomic E-state index is 0.0952. The Labute approximate surface area is 107 Å². The van der Waals surface area contributed by atoms with E-state index in [2.05, 4.69) is 12.2 Å². The fraction of sp³-hybridized carbons (Fsp3) is 0.500. The fourth-order valence-electron chi connectivity index (χ4n) is 2.03. The van der Waals surface area contributed by atoms with E-state index < -0.39 is 0 Å². The second kappa shape index (κ2) is 4.88. The molecule has 0 aromatic heterocycles. The van der Waals surface area contributed by atoms with Gasteiger partial charge in [0.05, 0.1) is 14.2 Å². The van der Waals surface area contributed by atoms with Gasteiger partial charge in [0.15, 0.2) is 11.5 Å². The topological polar surface area (TPSA) is 47.6 Å². The lowest BCUT2D eigenvalue weighted by Gasteiger charge is -2.13. The van der Waals surface area contributed by atoms with Gasteiger partial charge in [-0.05, 0) is 30.9 Å². The molecule has 0 unspecified atom stereocenters. The molecule has 98 valence electrons. The number of aryl methyl sites for hydroxylation is 1. The molecular formula is C14H19NO3. The van der Waals surface area contributed by atoms with E-state index in [4.69, 9.17) is 9.47 Å². The average Bonchev–Trinajstić information content (AvgIpc) is 3.08. The lowest BCUT2D eigenvalue weighted by molar-refractivity contribution is -0.117. The molecule has 1 aliphatic rings. The van der Waals surface area contributed by atoms with Crippen LogP contribution < -0.4 is 14.8 Å². The van der Waals surface area contributed by atoms with Crippen LogP contribution in [0.4, 0.5) is 5.69 Å². The first-order valence-electron chi connectivity index (χ1n) is 6.10. The molecule has 4 nitrogen and oxygen atoms in total. The summed E-state index contributed by atoms with van der Waals surface area (Å²) in [6, 6.07) is 3.67. The first kappa shape index (κ1) is 12.7. The number of nitrogens with one attached hydrogen (secondary N) is 1. The molecule has 18 heavy (non-hydrogen) atoms. The van der Waals surface area contributed by atoms with Crippen LogP contribution in [0.1, 0.15) is 18.9 Å². The number of methoxy groups -OCH3 is 2. The first-order valence-corrected chi connectivity index (χ1v) is 6.10. The van der Waals surface area contributed by atoms with Crippen molar-refractivity contribution in [1.82, 2.24) is 0 Å². The number of benzene rings is 1. The fourth-order valence-corrected chi connectivity index (χ4v) is 2.03. The number of hydrogen-bond acceptors (Lipinski definition) is 3. The van der Waals surface area contributed by atoms with E-state index in [1.807, 2.05) is 13.0 Å². The molecule has 4 heteroatoms. The molecule has 1 saturated carbocycles. The standard InChI is InChI=1S/C14H19NO3/c1-8-5-10(8)14(16)15-11-7-13(18-4)12(17-3)6-9(11)2/h6-8,10H,5H2,1-4H3,(H,15,16)/t8-,10-/m1/s1. The van der Waals surface area contributed by atoms with Crippen molar-refractivity contribution in [3.8, 4) is 11.5 Å². The molecule has 1 aromatic rings. The molecule has 0 saturated heterocycles. The van der Waals surface area contributed by atoms with Gasteiger partial charge < -0.3 is 14.8 Å². The van der Waals surface area contributed by atoms with Gasteiger partial charge in [0.1, 0.15) is 0 Å². The number of ether oxygens (including phenoxy) is 2. The van der Waals surface area contributed by atoms with Crippen molar-refractivity contribution in [1.29, 1.82) is 0 Å². The zero-order valence-corrected chi connectivity index (χ0v) is 11.2. The minimum Gasteiger partial charge on any atom is -0.493 e. The summed E-state index contributed by atoms with van der Waals surface area (Å²) < 4.78 is 10.5. The third kappa shape index (κ3) is 2.42. The van der Waals surface area contributed by atoms with Crippen molar-refractivity contribution < 1.29 is 14.3 Å². The molecule has 0 heterocycles. The maximum absolute atomic E-state index is 11.9. The van der Waals surface area contributed by atoms with Crippen LogP contribution in [-0.4, -0.2) is 20.1 Å². The molecule has 1 N–H and O–H groups in total. The highest BCUT2D eigenvalue weighted by Crippen LogP contribution is 2.39. The maximum Gasteiger partial charge on any atom is 0.227 e. The average molecular weight is 249 g/mol. The van der Waals surface area contributed by atoms with Gasteiger partial charge in [-0.1, -0.05) is 6.92 Å². The molecule has 0 spiro atoms. The highest BCUT2D eigenvalue weighted by atomic mass is 16.5. The van der Waals surface area contributed by atoms with Gasteiger partial charge in [0.25, 0.3) is 0 Å². The summed E-state index contributed by atoms with van der Waals surface area (Å²) in [5.41, 5.74) is 1.76. The van der Waals surface area contributed by atoms with Gasteiger partial charge >= 0.3 is 0 Å². The van der Waals surface area contributed by atoms with Crippen LogP contribution in [0.5, 0.6) is 11.5 Å². The zero-order valence-electron chi connectivity index (χ0n) is 11.2. The molecule has 1 aromatic carbocycles. The van der Waals surface area contributed by atoms with Crippen molar-refractivity contribution in [2.75, 3.05) is 19.5 Å². The summed E-state index contributed by atoms with van der Waals surface area (Å²) in [6.45, 7) is 4.03. The van der Waals surface area contributed by atoms with Crippen molar-refractivity contribution >= 4 is 11.6 Å². The van der Waals surface area contributed by atoms with Crippen LogP contribution in [0, 0.1) is 18.8 Å². The first-order chi connectivity index (χ1) is 8.56. The molecule has 1 fully saturated rings. The molecule has 1 aliphatic carbocycles. The van der Waals surface area contributed by atoms with E-state index in [0.29, 0.717) is 17.4 Å². The number of anilines is 1. The molecular weight excluding hydrogens is 230 g/mol. The van der Waals surface area contributed by atoms with Gasteiger partial charge in [-0.2, -0.15) is 0 Å². The van der Waals surface area contributed by atoms with E-state index in [0.717, 1.165) is 17.7 Å². The van der Waals surface area contributed by atoms with Crippen LogP contribution in [0.2, 0.25) is 0 Å². The zero-order chi connectivity index (χ0) is 13.3. The molecule has 0 bridgehead atoms. The van der Waals surface area contributed by atoms with Crippen LogP contribution in [-0.2, 0) is 4.79 Å². The Hall–Kier alpha value is -1.71. The number of rotatable bonds is 4. The summed E-state index contributed by atoms with van der Waals surface area (Å²) in [5, 5.41) is 2.95. The minimum atomic E-state index is 0.0952. The van der Waals surface area contributed by atoms with Crippen molar-refractivity contribution in [3.63, 3.8) is 0 Å².